The lowest BCUT2D eigenvalue weighted by Gasteiger charge is -2.30. The van der Waals surface area contributed by atoms with Crippen molar-refractivity contribution in [1.29, 1.82) is 0 Å². The summed E-state index contributed by atoms with van der Waals surface area (Å²) in [4.78, 5) is 4.41. The van der Waals surface area contributed by atoms with Crippen LogP contribution >= 0.6 is 0 Å². The van der Waals surface area contributed by atoms with Gasteiger partial charge in [-0.3, -0.25) is 0 Å². The van der Waals surface area contributed by atoms with Crippen LogP contribution in [0.5, 0.6) is 0 Å². The summed E-state index contributed by atoms with van der Waals surface area (Å²) in [6, 6.07) is 0. The van der Waals surface area contributed by atoms with E-state index in [0.29, 0.717) is 0 Å². The fourth-order valence-electron chi connectivity index (χ4n) is 1.03. The molecule has 0 saturated carbocycles. The van der Waals surface area contributed by atoms with Crippen LogP contribution in [0.4, 0.5) is 0 Å². The lowest BCUT2D eigenvalue weighted by Crippen LogP contribution is -2.43. The number of likely N-dealkylation sites (N-methyl/N-ethyl adjacent to an activating group) is 4. The van der Waals surface area contributed by atoms with Crippen LogP contribution in [0.15, 0.2) is 0 Å². The molecule has 0 spiro atoms. The molecular formula is C10H26N4. The van der Waals surface area contributed by atoms with Crippen LogP contribution < -0.4 is 0 Å². The standard InChI is InChI=1S/C10H26N4/c1-11(2)7-9-13(5)14(6)10-8-12(3)4/h7-10H2,1-6H3. The quantitative estimate of drug-likeness (QED) is 0.534. The summed E-state index contributed by atoms with van der Waals surface area (Å²) in [7, 11) is 12.7. The molecule has 0 unspecified atom stereocenters. The van der Waals surface area contributed by atoms with Gasteiger partial charge in [0, 0.05) is 40.3 Å². The van der Waals surface area contributed by atoms with E-state index in [9.17, 15) is 0 Å². The summed E-state index contributed by atoms with van der Waals surface area (Å²) in [5, 5.41) is 4.53. The van der Waals surface area contributed by atoms with Crippen molar-refractivity contribution in [3.05, 3.63) is 0 Å². The molecule has 0 aromatic rings. The van der Waals surface area contributed by atoms with Gasteiger partial charge in [0.15, 0.2) is 0 Å². The Morgan fingerprint density at radius 1 is 0.500 bits per heavy atom. The average Bonchev–Trinajstić information content (AvgIpc) is 2.09. The van der Waals surface area contributed by atoms with E-state index in [4.69, 9.17) is 0 Å². The zero-order valence-corrected chi connectivity index (χ0v) is 10.6. The van der Waals surface area contributed by atoms with E-state index in [1.807, 2.05) is 0 Å². The van der Waals surface area contributed by atoms with Gasteiger partial charge in [0.2, 0.25) is 0 Å². The number of nitrogens with zero attached hydrogens (tertiary/aromatic N) is 4. The van der Waals surface area contributed by atoms with Crippen molar-refractivity contribution in [3.8, 4) is 0 Å². The summed E-state index contributed by atoms with van der Waals surface area (Å²) < 4.78 is 0. The monoisotopic (exact) mass is 202 g/mol. The minimum atomic E-state index is 1.08. The maximum atomic E-state index is 2.27. The Hall–Kier alpha value is -0.160. The van der Waals surface area contributed by atoms with E-state index >= 15 is 0 Å². The highest BCUT2D eigenvalue weighted by atomic mass is 15.6. The predicted octanol–water partition coefficient (Wildman–Crippen LogP) is -0.112. The molecule has 0 atom stereocenters. The van der Waals surface area contributed by atoms with E-state index in [-0.39, 0.29) is 0 Å². The van der Waals surface area contributed by atoms with Crippen LogP contribution in [0.2, 0.25) is 0 Å². The summed E-state index contributed by atoms with van der Waals surface area (Å²) in [5.41, 5.74) is 0. The van der Waals surface area contributed by atoms with Crippen LogP contribution in [-0.4, -0.2) is 88.3 Å². The number of rotatable bonds is 7. The van der Waals surface area contributed by atoms with Gasteiger partial charge in [0.1, 0.15) is 0 Å². The van der Waals surface area contributed by atoms with Gasteiger partial charge in [0.25, 0.3) is 0 Å². The van der Waals surface area contributed by atoms with Gasteiger partial charge in [-0.15, -0.1) is 0 Å². The van der Waals surface area contributed by atoms with Gasteiger partial charge < -0.3 is 9.80 Å². The molecule has 14 heavy (non-hydrogen) atoms. The molecule has 86 valence electrons. The van der Waals surface area contributed by atoms with Crippen LogP contribution in [0.3, 0.4) is 0 Å². The van der Waals surface area contributed by atoms with Crippen molar-refractivity contribution in [2.75, 3.05) is 68.5 Å². The Morgan fingerprint density at radius 3 is 1.00 bits per heavy atom. The highest BCUT2D eigenvalue weighted by Crippen LogP contribution is 1.91. The summed E-state index contributed by atoms with van der Waals surface area (Å²) in [5.74, 6) is 0. The molecule has 4 nitrogen and oxygen atoms in total. The van der Waals surface area contributed by atoms with Crippen molar-refractivity contribution in [1.82, 2.24) is 19.8 Å². The third kappa shape index (κ3) is 7.26. The molecule has 0 heterocycles. The topological polar surface area (TPSA) is 13.0 Å². The lowest BCUT2D eigenvalue weighted by molar-refractivity contribution is 0.0175. The van der Waals surface area contributed by atoms with Gasteiger partial charge in [-0.25, -0.2) is 10.0 Å². The highest BCUT2D eigenvalue weighted by Gasteiger charge is 2.05. The summed E-state index contributed by atoms with van der Waals surface area (Å²) in [6.07, 6.45) is 0. The zero-order valence-electron chi connectivity index (χ0n) is 10.6. The summed E-state index contributed by atoms with van der Waals surface area (Å²) >= 11 is 0. The first-order valence-corrected chi connectivity index (χ1v) is 5.15. The van der Waals surface area contributed by atoms with Gasteiger partial charge in [-0.1, -0.05) is 0 Å². The first-order valence-electron chi connectivity index (χ1n) is 5.15. The van der Waals surface area contributed by atoms with E-state index in [1.165, 1.54) is 0 Å². The van der Waals surface area contributed by atoms with Crippen molar-refractivity contribution in [3.63, 3.8) is 0 Å². The fourth-order valence-corrected chi connectivity index (χ4v) is 1.03. The molecule has 0 saturated heterocycles. The smallest absolute Gasteiger partial charge is 0.0257 e. The second kappa shape index (κ2) is 7.17. The average molecular weight is 202 g/mol. The Kier molecular flexibility index (Phi) is 7.09. The minimum absolute atomic E-state index is 1.08. The molecule has 0 N–H and O–H groups in total. The van der Waals surface area contributed by atoms with Crippen LogP contribution in [-0.2, 0) is 0 Å². The lowest BCUT2D eigenvalue weighted by atomic mass is 10.5. The molecule has 4 heteroatoms. The third-order valence-electron chi connectivity index (χ3n) is 2.32. The van der Waals surface area contributed by atoms with E-state index in [0.717, 1.165) is 26.2 Å². The first kappa shape index (κ1) is 13.8. The molecule has 0 amide bonds. The van der Waals surface area contributed by atoms with Gasteiger partial charge in [0.05, 0.1) is 0 Å². The summed E-state index contributed by atoms with van der Waals surface area (Å²) in [6.45, 7) is 4.36. The number of hydrazine groups is 1. The Morgan fingerprint density at radius 2 is 0.786 bits per heavy atom. The zero-order chi connectivity index (χ0) is 11.1. The van der Waals surface area contributed by atoms with Crippen molar-refractivity contribution in [2.45, 2.75) is 0 Å². The molecule has 0 radical (unpaired) electrons. The first-order chi connectivity index (χ1) is 6.43. The third-order valence-corrected chi connectivity index (χ3v) is 2.32. The molecule has 0 rings (SSSR count). The van der Waals surface area contributed by atoms with E-state index in [2.05, 4.69) is 62.1 Å². The van der Waals surface area contributed by atoms with Crippen LogP contribution in [0, 0.1) is 0 Å². The maximum Gasteiger partial charge on any atom is 0.0257 e. The Labute approximate surface area is 89.0 Å². The van der Waals surface area contributed by atoms with Gasteiger partial charge in [-0.2, -0.15) is 0 Å². The Balaban J connectivity index is 3.59. The highest BCUT2D eigenvalue weighted by molar-refractivity contribution is 4.54. The van der Waals surface area contributed by atoms with Crippen LogP contribution in [0.25, 0.3) is 0 Å². The maximum absolute atomic E-state index is 2.27. The largest absolute Gasteiger partial charge is 0.308 e. The second-order valence-electron chi connectivity index (χ2n) is 4.37. The fraction of sp³-hybridized carbons (Fsp3) is 1.00. The SMILES string of the molecule is CN(C)CCN(C)N(C)CCN(C)C. The molecule has 0 aromatic carbocycles. The van der Waals surface area contributed by atoms with Crippen LogP contribution in [0.1, 0.15) is 0 Å². The minimum Gasteiger partial charge on any atom is -0.308 e. The molecule has 0 bridgehead atoms. The number of hydrogen-bond acceptors (Lipinski definition) is 4. The van der Waals surface area contributed by atoms with Crippen molar-refractivity contribution < 1.29 is 0 Å². The van der Waals surface area contributed by atoms with E-state index < -0.39 is 0 Å². The molecule has 0 aliphatic carbocycles. The predicted molar refractivity (Wildman–Crippen MR) is 62.4 cm³/mol. The van der Waals surface area contributed by atoms with Gasteiger partial charge in [-0.05, 0) is 28.2 Å². The molecule has 0 aromatic heterocycles. The van der Waals surface area contributed by atoms with Gasteiger partial charge >= 0.3 is 0 Å². The van der Waals surface area contributed by atoms with Crippen molar-refractivity contribution in [2.24, 2.45) is 0 Å². The molecule has 0 aliphatic heterocycles. The molecular weight excluding hydrogens is 176 g/mol. The molecule has 0 fully saturated rings. The normalized spacial score (nSPS) is 12.4. The van der Waals surface area contributed by atoms with Crippen molar-refractivity contribution >= 4 is 0 Å². The van der Waals surface area contributed by atoms with E-state index in [1.54, 1.807) is 0 Å². The molecule has 0 aliphatic rings. The number of hydrogen-bond donors (Lipinski definition) is 0. The Bertz CT molecular complexity index is 120. The second-order valence-corrected chi connectivity index (χ2v) is 4.37.